The zero-order chi connectivity index (χ0) is 17.2. The predicted molar refractivity (Wildman–Crippen MR) is 91.9 cm³/mol. The van der Waals surface area contributed by atoms with E-state index in [2.05, 4.69) is 10.3 Å². The molecule has 1 aromatic rings. The van der Waals surface area contributed by atoms with Gasteiger partial charge in [-0.15, -0.1) is 0 Å². The van der Waals surface area contributed by atoms with Crippen LogP contribution < -0.4 is 10.2 Å². The van der Waals surface area contributed by atoms with Gasteiger partial charge in [0, 0.05) is 32.2 Å². The minimum absolute atomic E-state index is 0.0144. The van der Waals surface area contributed by atoms with Crippen molar-refractivity contribution in [3.8, 4) is 0 Å². The first-order valence-electron chi connectivity index (χ1n) is 8.22. The molecule has 1 unspecified atom stereocenters. The first-order chi connectivity index (χ1) is 11.4. The Bertz CT molecular complexity index is 684. The molecule has 24 heavy (non-hydrogen) atoms. The molecule has 0 bridgehead atoms. The summed E-state index contributed by atoms with van der Waals surface area (Å²) < 4.78 is 28.5. The van der Waals surface area contributed by atoms with Gasteiger partial charge in [0.15, 0.2) is 9.84 Å². The second-order valence-corrected chi connectivity index (χ2v) is 8.67. The van der Waals surface area contributed by atoms with Crippen molar-refractivity contribution < 1.29 is 17.9 Å². The minimum atomic E-state index is -2.91. The highest BCUT2D eigenvalue weighted by Crippen LogP contribution is 2.23. The SMILES string of the molecule is CN(c1ccc(NC(=O)C2CCOCC2)nc1)C1CCS(=O)(=O)C1. The predicted octanol–water partition coefficient (Wildman–Crippen LogP) is 1.07. The smallest absolute Gasteiger partial charge is 0.228 e. The van der Waals surface area contributed by atoms with Gasteiger partial charge in [-0.1, -0.05) is 0 Å². The molecule has 2 saturated heterocycles. The van der Waals surface area contributed by atoms with Crippen LogP contribution in [0.2, 0.25) is 0 Å². The second-order valence-electron chi connectivity index (χ2n) is 6.45. The first kappa shape index (κ1) is 17.2. The summed E-state index contributed by atoms with van der Waals surface area (Å²) in [4.78, 5) is 18.4. The molecule has 1 N–H and O–H groups in total. The fourth-order valence-electron chi connectivity index (χ4n) is 3.15. The van der Waals surface area contributed by atoms with Crippen LogP contribution in [0, 0.1) is 5.92 Å². The zero-order valence-corrected chi connectivity index (χ0v) is 14.6. The van der Waals surface area contributed by atoms with Crippen LogP contribution in [0.3, 0.4) is 0 Å². The molecule has 1 atom stereocenters. The van der Waals surface area contributed by atoms with E-state index >= 15 is 0 Å². The summed E-state index contributed by atoms with van der Waals surface area (Å²) >= 11 is 0. The Morgan fingerprint density at radius 3 is 2.62 bits per heavy atom. The fraction of sp³-hybridized carbons (Fsp3) is 0.625. The van der Waals surface area contributed by atoms with E-state index < -0.39 is 9.84 Å². The number of ether oxygens (including phenoxy) is 1. The Kier molecular flexibility index (Phi) is 5.05. The van der Waals surface area contributed by atoms with Crippen molar-refractivity contribution >= 4 is 27.2 Å². The number of hydrogen-bond acceptors (Lipinski definition) is 6. The summed E-state index contributed by atoms with van der Waals surface area (Å²) in [5.74, 6) is 0.906. The molecule has 2 fully saturated rings. The number of rotatable bonds is 4. The van der Waals surface area contributed by atoms with Gasteiger partial charge in [0.25, 0.3) is 0 Å². The average Bonchev–Trinajstić information content (AvgIpc) is 2.95. The van der Waals surface area contributed by atoms with Gasteiger partial charge in [0.2, 0.25) is 5.91 Å². The Morgan fingerprint density at radius 2 is 2.04 bits per heavy atom. The van der Waals surface area contributed by atoms with E-state index in [1.807, 2.05) is 18.0 Å². The summed E-state index contributed by atoms with van der Waals surface area (Å²) in [6.07, 6.45) is 3.79. The van der Waals surface area contributed by atoms with Gasteiger partial charge in [-0.25, -0.2) is 13.4 Å². The van der Waals surface area contributed by atoms with Crippen LogP contribution >= 0.6 is 0 Å². The number of aromatic nitrogens is 1. The van der Waals surface area contributed by atoms with Crippen LogP contribution in [-0.4, -0.2) is 57.1 Å². The maximum absolute atomic E-state index is 12.2. The van der Waals surface area contributed by atoms with Crippen molar-refractivity contribution in [3.63, 3.8) is 0 Å². The summed E-state index contributed by atoms with van der Waals surface area (Å²) in [5, 5.41) is 2.84. The lowest BCUT2D eigenvalue weighted by Crippen LogP contribution is -2.32. The summed E-state index contributed by atoms with van der Waals surface area (Å²) in [7, 11) is -1.04. The molecule has 3 heterocycles. The fourth-order valence-corrected chi connectivity index (χ4v) is 4.92. The number of pyridine rings is 1. The molecule has 0 spiro atoms. The molecule has 1 aromatic heterocycles. The maximum atomic E-state index is 12.2. The summed E-state index contributed by atoms with van der Waals surface area (Å²) in [6.45, 7) is 1.25. The number of carbonyl (C=O) groups is 1. The third kappa shape index (κ3) is 4.05. The molecule has 3 rings (SSSR count). The largest absolute Gasteiger partial charge is 0.381 e. The average molecular weight is 353 g/mol. The standard InChI is InChI=1S/C16H23N3O4S/c1-19(14-6-9-24(21,22)11-14)13-2-3-15(17-10-13)18-16(20)12-4-7-23-8-5-12/h2-3,10,12,14H,4-9,11H2,1H3,(H,17,18,20). The molecule has 0 radical (unpaired) electrons. The van der Waals surface area contributed by atoms with Crippen LogP contribution in [0.25, 0.3) is 0 Å². The van der Waals surface area contributed by atoms with E-state index in [9.17, 15) is 13.2 Å². The Balaban J connectivity index is 1.59. The van der Waals surface area contributed by atoms with E-state index in [0.717, 1.165) is 18.5 Å². The van der Waals surface area contributed by atoms with Crippen molar-refractivity contribution in [2.24, 2.45) is 5.92 Å². The van der Waals surface area contributed by atoms with Gasteiger partial charge in [-0.05, 0) is 31.4 Å². The monoisotopic (exact) mass is 353 g/mol. The molecule has 7 nitrogen and oxygen atoms in total. The molecule has 1 amide bonds. The molecular formula is C16H23N3O4S. The normalized spacial score (nSPS) is 23.8. The first-order valence-corrected chi connectivity index (χ1v) is 10.0. The van der Waals surface area contributed by atoms with Crippen LogP contribution in [-0.2, 0) is 19.4 Å². The Morgan fingerprint density at radius 1 is 1.29 bits per heavy atom. The third-order valence-electron chi connectivity index (χ3n) is 4.75. The van der Waals surface area contributed by atoms with E-state index in [1.165, 1.54) is 0 Å². The van der Waals surface area contributed by atoms with Gasteiger partial charge in [-0.2, -0.15) is 0 Å². The number of amides is 1. The number of nitrogens with one attached hydrogen (secondary N) is 1. The van der Waals surface area contributed by atoms with Gasteiger partial charge in [0.05, 0.1) is 23.4 Å². The van der Waals surface area contributed by atoms with E-state index in [-0.39, 0.29) is 29.4 Å². The lowest BCUT2D eigenvalue weighted by atomic mass is 9.99. The van der Waals surface area contributed by atoms with Crippen LogP contribution in [0.1, 0.15) is 19.3 Å². The molecule has 0 aliphatic carbocycles. The number of nitrogens with zero attached hydrogens (tertiary/aromatic N) is 2. The highest BCUT2D eigenvalue weighted by Gasteiger charge is 2.31. The molecule has 2 aliphatic rings. The lowest BCUT2D eigenvalue weighted by molar-refractivity contribution is -0.122. The Labute approximate surface area is 142 Å². The second kappa shape index (κ2) is 7.06. The maximum Gasteiger partial charge on any atom is 0.228 e. The van der Waals surface area contributed by atoms with Crippen molar-refractivity contribution in [1.82, 2.24) is 4.98 Å². The molecular weight excluding hydrogens is 330 g/mol. The molecule has 0 aromatic carbocycles. The molecule has 0 saturated carbocycles. The van der Waals surface area contributed by atoms with Crippen LogP contribution in [0.5, 0.6) is 0 Å². The quantitative estimate of drug-likeness (QED) is 0.871. The number of carbonyl (C=O) groups excluding carboxylic acids is 1. The van der Waals surface area contributed by atoms with Gasteiger partial charge in [0.1, 0.15) is 5.82 Å². The topological polar surface area (TPSA) is 88.6 Å². The van der Waals surface area contributed by atoms with E-state index in [0.29, 0.717) is 25.5 Å². The third-order valence-corrected chi connectivity index (χ3v) is 6.50. The van der Waals surface area contributed by atoms with Gasteiger partial charge < -0.3 is 15.0 Å². The number of anilines is 2. The zero-order valence-electron chi connectivity index (χ0n) is 13.8. The lowest BCUT2D eigenvalue weighted by Gasteiger charge is -2.25. The highest BCUT2D eigenvalue weighted by atomic mass is 32.2. The van der Waals surface area contributed by atoms with Crippen molar-refractivity contribution in [3.05, 3.63) is 18.3 Å². The molecule has 2 aliphatic heterocycles. The van der Waals surface area contributed by atoms with E-state index in [1.54, 1.807) is 12.3 Å². The van der Waals surface area contributed by atoms with Crippen molar-refractivity contribution in [2.75, 3.05) is 42.0 Å². The number of sulfone groups is 1. The van der Waals surface area contributed by atoms with Crippen LogP contribution in [0.15, 0.2) is 18.3 Å². The molecule has 132 valence electrons. The highest BCUT2D eigenvalue weighted by molar-refractivity contribution is 7.91. The van der Waals surface area contributed by atoms with Crippen molar-refractivity contribution in [2.45, 2.75) is 25.3 Å². The number of hydrogen-bond donors (Lipinski definition) is 1. The minimum Gasteiger partial charge on any atom is -0.381 e. The summed E-state index contributed by atoms with van der Waals surface area (Å²) in [5.41, 5.74) is 0.848. The van der Waals surface area contributed by atoms with Crippen molar-refractivity contribution in [1.29, 1.82) is 0 Å². The van der Waals surface area contributed by atoms with Gasteiger partial charge in [-0.3, -0.25) is 4.79 Å². The van der Waals surface area contributed by atoms with Crippen LogP contribution in [0.4, 0.5) is 11.5 Å². The van der Waals surface area contributed by atoms with Gasteiger partial charge >= 0.3 is 0 Å². The Hall–Kier alpha value is -1.67. The summed E-state index contributed by atoms with van der Waals surface area (Å²) in [6, 6.07) is 3.60. The molecule has 8 heteroatoms. The van der Waals surface area contributed by atoms with E-state index in [4.69, 9.17) is 4.74 Å².